The molecular formula is C11H17NO2Si. The maximum Gasteiger partial charge on any atom is 0.160 e. The Kier molecular flexibility index (Phi) is 5.21. The van der Waals surface area contributed by atoms with Gasteiger partial charge in [-0.15, -0.1) is 0 Å². The van der Waals surface area contributed by atoms with Gasteiger partial charge >= 0.3 is 0 Å². The molecule has 4 heteroatoms. The lowest BCUT2D eigenvalue weighted by molar-refractivity contribution is 0.357. The lowest BCUT2D eigenvalue weighted by Gasteiger charge is -2.11. The van der Waals surface area contributed by atoms with Gasteiger partial charge in [-0.05, 0) is 24.2 Å². The van der Waals surface area contributed by atoms with E-state index in [0.29, 0.717) is 0 Å². The van der Waals surface area contributed by atoms with Gasteiger partial charge in [0.2, 0.25) is 0 Å². The van der Waals surface area contributed by atoms with Crippen molar-refractivity contribution >= 4 is 14.7 Å². The Morgan fingerprint density at radius 2 is 2.07 bits per heavy atom. The number of rotatable bonds is 6. The SMILES string of the molecule is COc1cccc([Si]CCCN)c1OC. The second-order valence-electron chi connectivity index (χ2n) is 3.11. The van der Waals surface area contributed by atoms with Crippen LogP contribution in [0.25, 0.3) is 0 Å². The van der Waals surface area contributed by atoms with Crippen LogP contribution in [0.5, 0.6) is 11.5 Å². The second kappa shape index (κ2) is 6.47. The first-order chi connectivity index (χ1) is 7.33. The minimum absolute atomic E-state index is 0.731. The van der Waals surface area contributed by atoms with Crippen LogP contribution < -0.4 is 20.4 Å². The van der Waals surface area contributed by atoms with Crippen LogP contribution in [0, 0.1) is 0 Å². The maximum atomic E-state index is 5.47. The molecule has 1 aromatic carbocycles. The predicted molar refractivity (Wildman–Crippen MR) is 63.4 cm³/mol. The Labute approximate surface area is 93.4 Å². The summed E-state index contributed by atoms with van der Waals surface area (Å²) in [7, 11) is 4.06. The third kappa shape index (κ3) is 3.25. The zero-order valence-corrected chi connectivity index (χ0v) is 10.2. The number of hydrogen-bond donors (Lipinski definition) is 1. The molecule has 1 rings (SSSR count). The van der Waals surface area contributed by atoms with E-state index in [0.717, 1.165) is 40.0 Å². The highest BCUT2D eigenvalue weighted by Crippen LogP contribution is 2.23. The maximum absolute atomic E-state index is 5.47. The Hall–Kier alpha value is -1.00. The molecule has 0 aliphatic heterocycles. The van der Waals surface area contributed by atoms with Gasteiger partial charge in [-0.2, -0.15) is 0 Å². The molecular weight excluding hydrogens is 206 g/mol. The van der Waals surface area contributed by atoms with Crippen LogP contribution >= 0.6 is 0 Å². The van der Waals surface area contributed by atoms with Crippen molar-refractivity contribution in [2.24, 2.45) is 5.73 Å². The first-order valence-electron chi connectivity index (χ1n) is 4.98. The molecule has 0 saturated heterocycles. The summed E-state index contributed by atoms with van der Waals surface area (Å²) in [6, 6.07) is 7.10. The van der Waals surface area contributed by atoms with Gasteiger partial charge in [0.25, 0.3) is 0 Å². The molecule has 82 valence electrons. The number of para-hydroxylation sites is 1. The van der Waals surface area contributed by atoms with Gasteiger partial charge in [0.1, 0.15) is 0 Å². The van der Waals surface area contributed by atoms with Gasteiger partial charge in [0.05, 0.1) is 23.7 Å². The summed E-state index contributed by atoms with van der Waals surface area (Å²) in [5.41, 5.74) is 5.47. The smallest absolute Gasteiger partial charge is 0.160 e. The fraction of sp³-hybridized carbons (Fsp3) is 0.455. The van der Waals surface area contributed by atoms with E-state index < -0.39 is 0 Å². The Morgan fingerprint density at radius 3 is 2.67 bits per heavy atom. The van der Waals surface area contributed by atoms with Gasteiger partial charge in [0, 0.05) is 0 Å². The topological polar surface area (TPSA) is 44.5 Å². The molecule has 0 aliphatic rings. The molecule has 0 amide bonds. The molecule has 0 unspecified atom stereocenters. The van der Waals surface area contributed by atoms with Crippen LogP contribution in [0.15, 0.2) is 18.2 Å². The average Bonchev–Trinajstić information content (AvgIpc) is 2.29. The summed E-state index contributed by atoms with van der Waals surface area (Å²) in [5, 5.41) is 1.21. The van der Waals surface area contributed by atoms with Crippen molar-refractivity contribution in [1.82, 2.24) is 0 Å². The predicted octanol–water partition coefficient (Wildman–Crippen LogP) is 0.800. The van der Waals surface area contributed by atoms with Crippen LogP contribution in [-0.4, -0.2) is 30.3 Å². The number of nitrogens with two attached hydrogens (primary N) is 1. The molecule has 15 heavy (non-hydrogen) atoms. The Balaban J connectivity index is 2.76. The molecule has 0 spiro atoms. The number of methoxy groups -OCH3 is 2. The number of hydrogen-bond acceptors (Lipinski definition) is 3. The van der Waals surface area contributed by atoms with Gasteiger partial charge < -0.3 is 15.2 Å². The molecule has 3 nitrogen and oxygen atoms in total. The van der Waals surface area contributed by atoms with E-state index >= 15 is 0 Å². The van der Waals surface area contributed by atoms with Crippen molar-refractivity contribution in [1.29, 1.82) is 0 Å². The highest BCUT2D eigenvalue weighted by molar-refractivity contribution is 6.54. The Bertz CT molecular complexity index is 305. The first-order valence-corrected chi connectivity index (χ1v) is 6.19. The zero-order chi connectivity index (χ0) is 11.1. The second-order valence-corrected chi connectivity index (χ2v) is 4.50. The molecule has 0 aromatic heterocycles. The van der Waals surface area contributed by atoms with E-state index in [-0.39, 0.29) is 0 Å². The average molecular weight is 223 g/mol. The Morgan fingerprint density at radius 1 is 1.27 bits per heavy atom. The molecule has 0 fully saturated rings. The molecule has 2 N–H and O–H groups in total. The fourth-order valence-electron chi connectivity index (χ4n) is 1.35. The van der Waals surface area contributed by atoms with Crippen molar-refractivity contribution < 1.29 is 9.47 Å². The molecule has 1 aromatic rings. The normalized spacial score (nSPS) is 10.1. The van der Waals surface area contributed by atoms with E-state index in [1.165, 1.54) is 5.19 Å². The molecule has 0 aliphatic carbocycles. The zero-order valence-electron chi connectivity index (χ0n) is 9.25. The van der Waals surface area contributed by atoms with Crippen molar-refractivity contribution in [2.75, 3.05) is 20.8 Å². The fourth-order valence-corrected chi connectivity index (χ4v) is 2.60. The van der Waals surface area contributed by atoms with Crippen LogP contribution in [0.3, 0.4) is 0 Å². The molecule has 0 bridgehead atoms. The van der Waals surface area contributed by atoms with E-state index in [2.05, 4.69) is 6.07 Å². The van der Waals surface area contributed by atoms with Gasteiger partial charge in [-0.3, -0.25) is 0 Å². The summed E-state index contributed by atoms with van der Waals surface area (Å²) in [4.78, 5) is 0. The van der Waals surface area contributed by atoms with Crippen LogP contribution in [0.4, 0.5) is 0 Å². The highest BCUT2D eigenvalue weighted by atomic mass is 28.2. The van der Waals surface area contributed by atoms with Crippen LogP contribution in [0.2, 0.25) is 6.04 Å². The van der Waals surface area contributed by atoms with Crippen LogP contribution in [0.1, 0.15) is 6.42 Å². The van der Waals surface area contributed by atoms with Gasteiger partial charge in [0.15, 0.2) is 11.5 Å². The number of ether oxygens (including phenoxy) is 2. The van der Waals surface area contributed by atoms with Gasteiger partial charge in [-0.25, -0.2) is 0 Å². The largest absolute Gasteiger partial charge is 0.493 e. The van der Waals surface area contributed by atoms with Crippen molar-refractivity contribution in [3.05, 3.63) is 18.2 Å². The summed E-state index contributed by atoms with van der Waals surface area (Å²) >= 11 is 0. The quantitative estimate of drug-likeness (QED) is 0.573. The van der Waals surface area contributed by atoms with E-state index in [4.69, 9.17) is 15.2 Å². The van der Waals surface area contributed by atoms with E-state index in [9.17, 15) is 0 Å². The van der Waals surface area contributed by atoms with Crippen molar-refractivity contribution in [2.45, 2.75) is 12.5 Å². The highest BCUT2D eigenvalue weighted by Gasteiger charge is 2.08. The van der Waals surface area contributed by atoms with Crippen molar-refractivity contribution in [3.8, 4) is 11.5 Å². The van der Waals surface area contributed by atoms with E-state index in [1.54, 1.807) is 14.2 Å². The number of benzene rings is 1. The minimum Gasteiger partial charge on any atom is -0.493 e. The third-order valence-corrected chi connectivity index (χ3v) is 3.48. The van der Waals surface area contributed by atoms with E-state index in [1.807, 2.05) is 12.1 Å². The summed E-state index contributed by atoms with van der Waals surface area (Å²) in [6.07, 6.45) is 1.05. The van der Waals surface area contributed by atoms with Crippen LogP contribution in [-0.2, 0) is 0 Å². The lowest BCUT2D eigenvalue weighted by atomic mass is 10.3. The molecule has 0 atom stereocenters. The van der Waals surface area contributed by atoms with Gasteiger partial charge in [-0.1, -0.05) is 18.2 Å². The molecule has 0 heterocycles. The summed E-state index contributed by atoms with van der Waals surface area (Å²) in [6.45, 7) is 0.749. The third-order valence-electron chi connectivity index (χ3n) is 2.10. The molecule has 0 saturated carbocycles. The minimum atomic E-state index is 0.731. The lowest BCUT2D eigenvalue weighted by Crippen LogP contribution is -2.18. The monoisotopic (exact) mass is 223 g/mol. The molecule has 2 radical (unpaired) electrons. The summed E-state index contributed by atoms with van der Waals surface area (Å²) in [5.74, 6) is 1.66. The first kappa shape index (κ1) is 12.1. The standard InChI is InChI=1S/C11H17NO2Si/c1-13-9-5-3-6-10(11(9)14-2)15-8-4-7-12/h3,5-6H,4,7-8,12H2,1-2H3. The summed E-state index contributed by atoms with van der Waals surface area (Å²) < 4.78 is 10.6. The van der Waals surface area contributed by atoms with Crippen molar-refractivity contribution in [3.63, 3.8) is 0 Å².